The number of ether oxygens (including phenoxy) is 1. The third-order valence-corrected chi connectivity index (χ3v) is 3.79. The molecule has 0 aliphatic carbocycles. The van der Waals surface area contributed by atoms with Crippen molar-refractivity contribution in [2.75, 3.05) is 7.11 Å². The molecule has 0 saturated carbocycles. The first-order valence-corrected chi connectivity index (χ1v) is 8.79. The van der Waals surface area contributed by atoms with Crippen LogP contribution in [0.4, 0.5) is 13.2 Å². The molecule has 2 heterocycles. The van der Waals surface area contributed by atoms with Gasteiger partial charge in [-0.3, -0.25) is 9.55 Å². The van der Waals surface area contributed by atoms with E-state index in [-0.39, 0.29) is 17.2 Å². The summed E-state index contributed by atoms with van der Waals surface area (Å²) in [6, 6.07) is 8.44. The van der Waals surface area contributed by atoms with Crippen LogP contribution in [-0.2, 0) is 10.9 Å². The highest BCUT2D eigenvalue weighted by Crippen LogP contribution is 2.33. The summed E-state index contributed by atoms with van der Waals surface area (Å²) in [5, 5.41) is 0. The highest BCUT2D eigenvalue weighted by atomic mass is 19.4. The van der Waals surface area contributed by atoms with Crippen LogP contribution in [0.2, 0.25) is 0 Å². The quantitative estimate of drug-likeness (QED) is 0.497. The molecule has 2 aromatic heterocycles. The van der Waals surface area contributed by atoms with E-state index in [0.717, 1.165) is 12.1 Å². The van der Waals surface area contributed by atoms with Crippen molar-refractivity contribution in [3.63, 3.8) is 0 Å². The first-order valence-electron chi connectivity index (χ1n) is 8.79. The fourth-order valence-electron chi connectivity index (χ4n) is 2.49. The molecule has 0 atom stereocenters. The average molecular weight is 405 g/mol. The van der Waals surface area contributed by atoms with E-state index in [2.05, 4.69) is 9.97 Å². The minimum absolute atomic E-state index is 0.126. The topological polar surface area (TPSA) is 92.0 Å². The fourth-order valence-corrected chi connectivity index (χ4v) is 2.49. The third-order valence-electron chi connectivity index (χ3n) is 3.79. The second-order valence-electron chi connectivity index (χ2n) is 5.55. The summed E-state index contributed by atoms with van der Waals surface area (Å²) >= 11 is 0. The van der Waals surface area contributed by atoms with Crippen molar-refractivity contribution in [2.45, 2.75) is 20.0 Å². The van der Waals surface area contributed by atoms with Crippen molar-refractivity contribution in [1.29, 1.82) is 0 Å². The van der Waals surface area contributed by atoms with Crippen molar-refractivity contribution in [2.24, 2.45) is 11.5 Å². The van der Waals surface area contributed by atoms with Gasteiger partial charge in [0.15, 0.2) is 11.7 Å². The van der Waals surface area contributed by atoms with E-state index >= 15 is 0 Å². The highest BCUT2D eigenvalue weighted by molar-refractivity contribution is 5.85. The van der Waals surface area contributed by atoms with Crippen LogP contribution in [0, 0.1) is 0 Å². The van der Waals surface area contributed by atoms with E-state index in [1.54, 1.807) is 24.4 Å². The summed E-state index contributed by atoms with van der Waals surface area (Å²) < 4.78 is 45.5. The van der Waals surface area contributed by atoms with E-state index in [4.69, 9.17) is 16.2 Å². The largest absolute Gasteiger partial charge is 0.483 e. The van der Waals surface area contributed by atoms with Gasteiger partial charge in [0.1, 0.15) is 11.5 Å². The molecule has 0 unspecified atom stereocenters. The Morgan fingerprint density at radius 1 is 1.10 bits per heavy atom. The molecule has 3 aromatic rings. The van der Waals surface area contributed by atoms with E-state index in [9.17, 15) is 13.2 Å². The fraction of sp³-hybridized carbons (Fsp3) is 0.200. The van der Waals surface area contributed by atoms with Crippen LogP contribution in [-0.4, -0.2) is 21.6 Å². The highest BCUT2D eigenvalue weighted by Gasteiger charge is 2.31. The number of nitrogens with two attached hydrogens (primary N) is 2. The van der Waals surface area contributed by atoms with Gasteiger partial charge in [-0.2, -0.15) is 13.2 Å². The summed E-state index contributed by atoms with van der Waals surface area (Å²) in [5.74, 6) is 0.627. The number of rotatable bonds is 4. The monoisotopic (exact) mass is 405 g/mol. The maximum absolute atomic E-state index is 13.0. The molecule has 1 aromatic carbocycles. The number of methoxy groups -OCH3 is 1. The molecule has 0 spiro atoms. The summed E-state index contributed by atoms with van der Waals surface area (Å²) in [4.78, 5) is 8.54. The molecule has 0 radical (unpaired) electrons. The summed E-state index contributed by atoms with van der Waals surface area (Å²) in [6.07, 6.45) is 0.000560. The molecule has 0 fully saturated rings. The molecule has 0 aliphatic heterocycles. The molecule has 4 N–H and O–H groups in total. The van der Waals surface area contributed by atoms with E-state index in [0.29, 0.717) is 17.0 Å². The second-order valence-corrected chi connectivity index (χ2v) is 5.55. The van der Waals surface area contributed by atoms with Crippen molar-refractivity contribution in [1.82, 2.24) is 14.5 Å². The molecule has 6 nitrogen and oxygen atoms in total. The van der Waals surface area contributed by atoms with Gasteiger partial charge in [-0.25, -0.2) is 4.98 Å². The summed E-state index contributed by atoms with van der Waals surface area (Å²) in [5.41, 5.74) is 11.9. The molecular weight excluding hydrogens is 383 g/mol. The summed E-state index contributed by atoms with van der Waals surface area (Å²) in [7, 11) is 1.40. The molecule has 0 bridgehead atoms. The first-order chi connectivity index (χ1) is 13.8. The number of pyridine rings is 1. The molecule has 0 saturated heterocycles. The number of alkyl halides is 3. The number of benzene rings is 1. The van der Waals surface area contributed by atoms with Gasteiger partial charge in [0.25, 0.3) is 0 Å². The summed E-state index contributed by atoms with van der Waals surface area (Å²) in [6.45, 7) is 4.00. The van der Waals surface area contributed by atoms with Crippen LogP contribution < -0.4 is 11.5 Å². The van der Waals surface area contributed by atoms with E-state index in [1.807, 2.05) is 13.8 Å². The zero-order chi connectivity index (χ0) is 21.6. The van der Waals surface area contributed by atoms with Crippen LogP contribution in [0.1, 0.15) is 19.4 Å². The Balaban J connectivity index is 0.00000145. The molecule has 0 amide bonds. The Morgan fingerprint density at radius 3 is 2.41 bits per heavy atom. The standard InChI is InChI=1S/C18H16F3N5O.C2H6/c1-27-16(23)8-7-15(22)26-14-6-5-11(18(19,20)21)10-13(14)25-17(26)12-4-2-3-9-24-12;1-2/h2-10H,22-23H2,1H3;1-2H3/b15-7+,16-8+;. The van der Waals surface area contributed by atoms with Crippen molar-refractivity contribution < 1.29 is 17.9 Å². The second kappa shape index (κ2) is 9.13. The van der Waals surface area contributed by atoms with E-state index in [1.165, 1.54) is 29.9 Å². The Morgan fingerprint density at radius 2 is 1.83 bits per heavy atom. The van der Waals surface area contributed by atoms with Gasteiger partial charge in [0.05, 0.1) is 23.7 Å². The lowest BCUT2D eigenvalue weighted by Gasteiger charge is -2.09. The number of hydrogen-bond donors (Lipinski definition) is 2. The lowest BCUT2D eigenvalue weighted by atomic mass is 10.2. The van der Waals surface area contributed by atoms with Crippen LogP contribution in [0.5, 0.6) is 0 Å². The normalized spacial score (nSPS) is 12.5. The van der Waals surface area contributed by atoms with Crippen LogP contribution in [0.3, 0.4) is 0 Å². The molecule has 3 rings (SSSR count). The Kier molecular flexibility index (Phi) is 6.87. The predicted molar refractivity (Wildman–Crippen MR) is 107 cm³/mol. The van der Waals surface area contributed by atoms with Gasteiger partial charge in [-0.15, -0.1) is 0 Å². The lowest BCUT2D eigenvalue weighted by Crippen LogP contribution is -2.09. The van der Waals surface area contributed by atoms with Crippen molar-refractivity contribution >= 4 is 16.9 Å². The minimum Gasteiger partial charge on any atom is -0.483 e. The smallest absolute Gasteiger partial charge is 0.416 e. The lowest BCUT2D eigenvalue weighted by molar-refractivity contribution is -0.137. The maximum atomic E-state index is 13.0. The molecule has 9 heteroatoms. The van der Waals surface area contributed by atoms with Gasteiger partial charge in [-0.1, -0.05) is 19.9 Å². The Bertz CT molecular complexity index is 1020. The zero-order valence-corrected chi connectivity index (χ0v) is 16.2. The number of fused-ring (bicyclic) bond motifs is 1. The number of nitrogens with zero attached hydrogens (tertiary/aromatic N) is 3. The number of allylic oxidation sites excluding steroid dienone is 2. The number of hydrogen-bond acceptors (Lipinski definition) is 5. The number of halogens is 3. The molecular formula is C20H22F3N5O. The zero-order valence-electron chi connectivity index (χ0n) is 16.2. The maximum Gasteiger partial charge on any atom is 0.416 e. The van der Waals surface area contributed by atoms with Gasteiger partial charge in [0, 0.05) is 12.3 Å². The third kappa shape index (κ3) is 4.87. The molecule has 154 valence electrons. The Hall–Kier alpha value is -3.49. The van der Waals surface area contributed by atoms with Crippen molar-refractivity contribution in [3.05, 3.63) is 66.2 Å². The van der Waals surface area contributed by atoms with Crippen LogP contribution in [0.25, 0.3) is 28.4 Å². The number of imidazole rings is 1. The molecule has 0 aliphatic rings. The predicted octanol–water partition coefficient (Wildman–Crippen LogP) is 4.35. The van der Waals surface area contributed by atoms with Gasteiger partial charge < -0.3 is 16.2 Å². The van der Waals surface area contributed by atoms with E-state index < -0.39 is 11.7 Å². The SMILES string of the molecule is CC.CO/C(N)=C/C=C(\N)n1c(-c2ccccn2)nc2cc(C(F)(F)F)ccc21. The van der Waals surface area contributed by atoms with Gasteiger partial charge in [0.2, 0.25) is 0 Å². The molecule has 29 heavy (non-hydrogen) atoms. The van der Waals surface area contributed by atoms with Crippen LogP contribution >= 0.6 is 0 Å². The van der Waals surface area contributed by atoms with Crippen LogP contribution in [0.15, 0.2) is 60.6 Å². The average Bonchev–Trinajstić information content (AvgIpc) is 3.12. The van der Waals surface area contributed by atoms with Crippen molar-refractivity contribution in [3.8, 4) is 11.5 Å². The van der Waals surface area contributed by atoms with Gasteiger partial charge in [-0.05, 0) is 36.4 Å². The number of aromatic nitrogens is 3. The van der Waals surface area contributed by atoms with Gasteiger partial charge >= 0.3 is 6.18 Å². The Labute approximate surface area is 166 Å². The minimum atomic E-state index is -4.47. The first kappa shape index (κ1) is 21.8.